The molecule has 0 N–H and O–H groups in total. The van der Waals surface area contributed by atoms with Gasteiger partial charge in [-0.2, -0.15) is 0 Å². The van der Waals surface area contributed by atoms with Crippen LogP contribution in [0.2, 0.25) is 0 Å². The summed E-state index contributed by atoms with van der Waals surface area (Å²) in [4.78, 5) is 12.4. The highest BCUT2D eigenvalue weighted by atomic mass is 16.5. The van der Waals surface area contributed by atoms with Crippen molar-refractivity contribution < 1.29 is 4.74 Å². The molecule has 0 aliphatic carbocycles. The number of nitrogens with zero attached hydrogens (tertiary/aromatic N) is 5. The summed E-state index contributed by atoms with van der Waals surface area (Å²) in [6.07, 6.45) is 0. The molecule has 4 aliphatic heterocycles. The highest BCUT2D eigenvalue weighted by Crippen LogP contribution is 2.52. The first-order valence-electron chi connectivity index (χ1n) is 29.6. The molecule has 13 aromatic rings. The average Bonchev–Trinajstić information content (AvgIpc) is 1.92. The Hall–Kier alpha value is -11.2. The van der Waals surface area contributed by atoms with Gasteiger partial charge in [-0.1, -0.05) is 200 Å². The van der Waals surface area contributed by atoms with Crippen molar-refractivity contribution in [1.82, 2.24) is 0 Å². The van der Waals surface area contributed by atoms with Gasteiger partial charge in [0.2, 0.25) is 0 Å². The average molecular weight is 1100 g/mol. The maximum Gasteiger partial charge on any atom is 0.256 e. The summed E-state index contributed by atoms with van der Waals surface area (Å²) in [6, 6.07) is 117. The Kier molecular flexibility index (Phi) is 11.7. The van der Waals surface area contributed by atoms with Crippen LogP contribution in [-0.2, 0) is 0 Å². The molecule has 0 aromatic heterocycles. The van der Waals surface area contributed by atoms with Crippen LogP contribution >= 0.6 is 0 Å². The smallest absolute Gasteiger partial charge is 0.256 e. The molecule has 13 aromatic carbocycles. The number of para-hydroxylation sites is 9. The van der Waals surface area contributed by atoms with E-state index in [1.165, 1.54) is 21.9 Å². The van der Waals surface area contributed by atoms with Gasteiger partial charge in [-0.05, 0) is 154 Å². The summed E-state index contributed by atoms with van der Waals surface area (Å²) in [7, 11) is 0. The first kappa shape index (κ1) is 49.4. The lowest BCUT2D eigenvalue weighted by Gasteiger charge is -2.47. The predicted octanol–water partition coefficient (Wildman–Crippen LogP) is 16.8. The van der Waals surface area contributed by atoms with Crippen LogP contribution in [0.5, 0.6) is 11.5 Å². The Morgan fingerprint density at radius 1 is 0.244 bits per heavy atom. The van der Waals surface area contributed by atoms with E-state index in [2.05, 4.69) is 346 Å². The number of anilines is 15. The molecule has 86 heavy (non-hydrogen) atoms. The summed E-state index contributed by atoms with van der Waals surface area (Å²) in [5.41, 5.74) is 25.6. The molecular weight excluding hydrogens is 1040 g/mol. The second kappa shape index (κ2) is 20.3. The molecule has 0 fully saturated rings. The number of ether oxygens (including phenoxy) is 1. The SMILES string of the molecule is c1ccc(-c2ccccc2N2c3cc4c(cc3B3c5ccccc5N(c5ccccc5)c5cc(N(c6ccccc6)c6ccccc6)cc2c53)B2c3ccccc3Oc3cc(N(c5ccccc5)c5ccccc5)cc(c32)N4c2ccccc2)cc1. The standard InChI is InChI=1S/C78H53B2N5O/c1-8-28-54(29-9-1)63-42-22-25-45-68(63)85-71-53-70-66(80-65-44-24-27-47-75(65)86-76-51-62(50-74(78(76)80)84(70)60-40-20-7-21-41-60)82(57-34-14-4-15-35-57)58-36-16-5-17-37-58)52-67(71)79-64-43-23-26-46-69(64)83(59-38-18-6-19-39-59)72-48-61(49-73(85)77(72)79)81(55-30-10-2-11-31-55)56-32-12-3-13-33-56/h1-53H. The molecule has 0 bridgehead atoms. The van der Waals surface area contributed by atoms with Crippen molar-refractivity contribution >= 4 is 132 Å². The molecule has 8 heteroatoms. The number of rotatable bonds is 10. The largest absolute Gasteiger partial charge is 0.458 e. The van der Waals surface area contributed by atoms with E-state index in [4.69, 9.17) is 4.74 Å². The van der Waals surface area contributed by atoms with Crippen molar-refractivity contribution in [3.63, 3.8) is 0 Å². The van der Waals surface area contributed by atoms with Crippen LogP contribution in [0.25, 0.3) is 11.1 Å². The molecule has 402 valence electrons. The van der Waals surface area contributed by atoms with E-state index in [0.29, 0.717) is 0 Å². The summed E-state index contributed by atoms with van der Waals surface area (Å²) < 4.78 is 7.27. The van der Waals surface area contributed by atoms with Gasteiger partial charge in [0.25, 0.3) is 13.4 Å². The Morgan fingerprint density at radius 2 is 0.640 bits per heavy atom. The van der Waals surface area contributed by atoms with Crippen molar-refractivity contribution in [1.29, 1.82) is 0 Å². The van der Waals surface area contributed by atoms with E-state index in [0.717, 1.165) is 119 Å². The molecule has 6 nitrogen and oxygen atoms in total. The first-order chi connectivity index (χ1) is 42.7. The third-order valence-electron chi connectivity index (χ3n) is 17.6. The van der Waals surface area contributed by atoms with Crippen LogP contribution < -0.4 is 62.0 Å². The minimum absolute atomic E-state index is 0.179. The number of fused-ring (bicyclic) bond motifs is 8. The van der Waals surface area contributed by atoms with Crippen LogP contribution in [-0.4, -0.2) is 13.4 Å². The maximum absolute atomic E-state index is 7.27. The van der Waals surface area contributed by atoms with Crippen molar-refractivity contribution in [2.75, 3.05) is 24.5 Å². The van der Waals surface area contributed by atoms with Crippen LogP contribution in [0.15, 0.2) is 322 Å². The van der Waals surface area contributed by atoms with Crippen LogP contribution in [0.3, 0.4) is 0 Å². The number of benzene rings is 13. The fourth-order valence-electron chi connectivity index (χ4n) is 14.1. The topological polar surface area (TPSA) is 25.4 Å². The number of hydrogen-bond donors (Lipinski definition) is 0. The third-order valence-corrected chi connectivity index (χ3v) is 17.6. The minimum Gasteiger partial charge on any atom is -0.458 e. The zero-order chi connectivity index (χ0) is 56.7. The number of hydrogen-bond acceptors (Lipinski definition) is 6. The summed E-state index contributed by atoms with van der Waals surface area (Å²) in [5, 5.41) is 0. The van der Waals surface area contributed by atoms with E-state index in [1.54, 1.807) is 0 Å². The first-order valence-corrected chi connectivity index (χ1v) is 29.6. The lowest BCUT2D eigenvalue weighted by Crippen LogP contribution is -2.64. The minimum atomic E-state index is -0.181. The molecule has 4 aliphatic rings. The van der Waals surface area contributed by atoms with Crippen LogP contribution in [0.1, 0.15) is 0 Å². The highest BCUT2D eigenvalue weighted by molar-refractivity contribution is 7.02. The predicted molar refractivity (Wildman–Crippen MR) is 361 cm³/mol. The van der Waals surface area contributed by atoms with Crippen LogP contribution in [0, 0.1) is 0 Å². The molecule has 17 rings (SSSR count). The molecule has 0 amide bonds. The van der Waals surface area contributed by atoms with Crippen LogP contribution in [0.4, 0.5) is 85.3 Å². The fourth-order valence-corrected chi connectivity index (χ4v) is 14.1. The Balaban J connectivity index is 1.00. The lowest BCUT2D eigenvalue weighted by atomic mass is 9.30. The maximum atomic E-state index is 7.27. The normalized spacial score (nSPS) is 12.9. The monoisotopic (exact) mass is 1100 g/mol. The van der Waals surface area contributed by atoms with Gasteiger partial charge in [-0.3, -0.25) is 0 Å². The Labute approximate surface area is 502 Å². The summed E-state index contributed by atoms with van der Waals surface area (Å²) in [6.45, 7) is -0.360. The molecule has 0 atom stereocenters. The van der Waals surface area contributed by atoms with E-state index >= 15 is 0 Å². The molecule has 4 heterocycles. The van der Waals surface area contributed by atoms with Gasteiger partial charge in [0, 0.05) is 79.9 Å². The molecule has 0 unspecified atom stereocenters. The third kappa shape index (κ3) is 7.91. The van der Waals surface area contributed by atoms with E-state index < -0.39 is 0 Å². The van der Waals surface area contributed by atoms with Crippen molar-refractivity contribution in [3.8, 4) is 22.6 Å². The zero-order valence-corrected chi connectivity index (χ0v) is 46.9. The second-order valence-electron chi connectivity index (χ2n) is 22.4. The van der Waals surface area contributed by atoms with Crippen molar-refractivity contribution in [3.05, 3.63) is 322 Å². The zero-order valence-electron chi connectivity index (χ0n) is 46.9. The van der Waals surface area contributed by atoms with E-state index in [1.807, 2.05) is 0 Å². The quantitative estimate of drug-likeness (QED) is 0.127. The molecule has 0 saturated heterocycles. The Morgan fingerprint density at radius 3 is 1.20 bits per heavy atom. The summed E-state index contributed by atoms with van der Waals surface area (Å²) >= 11 is 0. The molecule has 0 radical (unpaired) electrons. The molecule has 0 spiro atoms. The van der Waals surface area contributed by atoms with Gasteiger partial charge in [0.1, 0.15) is 11.5 Å². The molecule has 0 saturated carbocycles. The van der Waals surface area contributed by atoms with Crippen molar-refractivity contribution in [2.24, 2.45) is 0 Å². The fraction of sp³-hybridized carbons (Fsp3) is 0. The van der Waals surface area contributed by atoms with Gasteiger partial charge < -0.3 is 29.2 Å². The van der Waals surface area contributed by atoms with Gasteiger partial charge in [-0.25, -0.2) is 0 Å². The van der Waals surface area contributed by atoms with Gasteiger partial charge in [0.15, 0.2) is 0 Å². The summed E-state index contributed by atoms with van der Waals surface area (Å²) in [5.74, 6) is 1.70. The van der Waals surface area contributed by atoms with Gasteiger partial charge in [0.05, 0.1) is 17.1 Å². The van der Waals surface area contributed by atoms with E-state index in [-0.39, 0.29) is 13.4 Å². The van der Waals surface area contributed by atoms with Crippen molar-refractivity contribution in [2.45, 2.75) is 0 Å². The Bertz CT molecular complexity index is 4630. The lowest BCUT2D eigenvalue weighted by molar-refractivity contribution is 0.487. The highest BCUT2D eigenvalue weighted by Gasteiger charge is 2.48. The van der Waals surface area contributed by atoms with Gasteiger partial charge >= 0.3 is 0 Å². The van der Waals surface area contributed by atoms with E-state index in [9.17, 15) is 0 Å². The second-order valence-corrected chi connectivity index (χ2v) is 22.4. The van der Waals surface area contributed by atoms with Gasteiger partial charge in [-0.15, -0.1) is 0 Å². The molecular formula is C78H53B2N5O.